The number of aryl methyl sites for hydroxylation is 1. The number of amides is 1. The molecule has 0 bridgehead atoms. The van der Waals surface area contributed by atoms with Crippen molar-refractivity contribution in [3.05, 3.63) is 111 Å². The Bertz CT molecular complexity index is 1640. The molecule has 0 spiro atoms. The Kier molecular flexibility index (Phi) is 6.13. The molecule has 0 saturated carbocycles. The molecule has 35 heavy (non-hydrogen) atoms. The number of hydrogen-bond donors (Lipinski definition) is 1. The first-order valence-electron chi connectivity index (χ1n) is 11.2. The van der Waals surface area contributed by atoms with Crippen LogP contribution in [0, 0.1) is 0 Å². The minimum Gasteiger partial charge on any atom is -0.350 e. The van der Waals surface area contributed by atoms with E-state index in [1.165, 1.54) is 15.6 Å². The fourth-order valence-electron chi connectivity index (χ4n) is 3.97. The van der Waals surface area contributed by atoms with Gasteiger partial charge in [-0.1, -0.05) is 36.4 Å². The number of fused-ring (bicyclic) bond motifs is 2. The molecule has 0 fully saturated rings. The van der Waals surface area contributed by atoms with Crippen molar-refractivity contribution in [2.45, 2.75) is 26.1 Å². The molecule has 5 aromatic rings. The highest BCUT2D eigenvalue weighted by atomic mass is 16.2. The molecule has 9 nitrogen and oxygen atoms in total. The number of hydrogen-bond acceptors (Lipinski definition) is 6. The lowest BCUT2D eigenvalue weighted by Crippen LogP contribution is -2.30. The van der Waals surface area contributed by atoms with Gasteiger partial charge in [0, 0.05) is 30.7 Å². The lowest BCUT2D eigenvalue weighted by molar-refractivity contribution is -0.121. The van der Waals surface area contributed by atoms with Crippen LogP contribution in [0.2, 0.25) is 0 Å². The Morgan fingerprint density at radius 1 is 0.886 bits per heavy atom. The first-order chi connectivity index (χ1) is 17.1. The molecule has 0 atom stereocenters. The van der Waals surface area contributed by atoms with Crippen molar-refractivity contribution in [1.82, 2.24) is 29.6 Å². The zero-order valence-electron chi connectivity index (χ0n) is 18.8. The predicted octanol–water partition coefficient (Wildman–Crippen LogP) is 2.26. The van der Waals surface area contributed by atoms with Gasteiger partial charge in [0.1, 0.15) is 0 Å². The Hall–Kier alpha value is -4.66. The van der Waals surface area contributed by atoms with Crippen LogP contribution >= 0.6 is 0 Å². The van der Waals surface area contributed by atoms with Crippen LogP contribution in [0.3, 0.4) is 0 Å². The van der Waals surface area contributed by atoms with E-state index in [9.17, 15) is 14.4 Å². The molecular formula is C26H22N6O3. The SMILES string of the molecule is O=C(CCn1cnc2ccccc2c1=O)NCc1nn(Cc2cccnc2)c(=O)c2ccccc12. The summed E-state index contributed by atoms with van der Waals surface area (Å²) in [5, 5.41) is 9.13. The van der Waals surface area contributed by atoms with E-state index in [0.29, 0.717) is 27.4 Å². The second kappa shape index (κ2) is 9.68. The smallest absolute Gasteiger partial charge is 0.274 e. The van der Waals surface area contributed by atoms with Gasteiger partial charge in [-0.2, -0.15) is 5.10 Å². The molecule has 174 valence electrons. The van der Waals surface area contributed by atoms with Gasteiger partial charge in [-0.25, -0.2) is 9.67 Å². The molecular weight excluding hydrogens is 444 g/mol. The molecule has 0 unspecified atom stereocenters. The molecule has 0 radical (unpaired) electrons. The summed E-state index contributed by atoms with van der Waals surface area (Å²) < 4.78 is 2.82. The average Bonchev–Trinajstić information content (AvgIpc) is 2.90. The lowest BCUT2D eigenvalue weighted by atomic mass is 10.1. The minimum atomic E-state index is -0.235. The molecule has 0 aliphatic rings. The van der Waals surface area contributed by atoms with E-state index in [1.54, 1.807) is 48.8 Å². The maximum absolute atomic E-state index is 13.0. The highest BCUT2D eigenvalue weighted by Gasteiger charge is 2.12. The van der Waals surface area contributed by atoms with E-state index in [-0.39, 0.29) is 43.1 Å². The molecule has 1 N–H and O–H groups in total. The summed E-state index contributed by atoms with van der Waals surface area (Å²) >= 11 is 0. The summed E-state index contributed by atoms with van der Waals surface area (Å²) in [5.74, 6) is -0.235. The van der Waals surface area contributed by atoms with Crippen LogP contribution in [0.4, 0.5) is 0 Å². The van der Waals surface area contributed by atoms with Gasteiger partial charge in [0.25, 0.3) is 11.1 Å². The maximum atomic E-state index is 13.0. The molecule has 9 heteroatoms. The largest absolute Gasteiger partial charge is 0.350 e. The van der Waals surface area contributed by atoms with Gasteiger partial charge in [-0.05, 0) is 29.8 Å². The summed E-state index contributed by atoms with van der Waals surface area (Å²) in [7, 11) is 0. The first kappa shape index (κ1) is 22.1. The Labute approximate surface area is 199 Å². The number of nitrogens with one attached hydrogen (secondary N) is 1. The predicted molar refractivity (Wildman–Crippen MR) is 132 cm³/mol. The molecule has 1 amide bonds. The minimum absolute atomic E-state index is 0.104. The molecule has 0 saturated heterocycles. The van der Waals surface area contributed by atoms with Crippen molar-refractivity contribution >= 4 is 27.6 Å². The highest BCUT2D eigenvalue weighted by Crippen LogP contribution is 2.14. The Morgan fingerprint density at radius 3 is 2.46 bits per heavy atom. The standard InChI is InChI=1S/C26H22N6O3/c33-24(11-13-31-17-29-22-10-4-3-9-21(22)25(31)34)28-15-23-19-7-1-2-8-20(19)26(35)32(30-23)16-18-6-5-12-27-14-18/h1-10,12,14,17H,11,13,15-16H2,(H,28,33). The van der Waals surface area contributed by atoms with Gasteiger partial charge < -0.3 is 5.32 Å². The molecule has 0 aliphatic heterocycles. The van der Waals surface area contributed by atoms with Gasteiger partial charge in [0.15, 0.2) is 0 Å². The third-order valence-electron chi connectivity index (χ3n) is 5.76. The fourth-order valence-corrected chi connectivity index (χ4v) is 3.97. The number of benzene rings is 2. The van der Waals surface area contributed by atoms with Crippen LogP contribution in [0.5, 0.6) is 0 Å². The number of pyridine rings is 1. The second-order valence-corrected chi connectivity index (χ2v) is 8.10. The second-order valence-electron chi connectivity index (χ2n) is 8.10. The Morgan fingerprint density at radius 2 is 1.66 bits per heavy atom. The number of rotatable bonds is 7. The summed E-state index contributed by atoms with van der Waals surface area (Å²) in [4.78, 5) is 46.6. The highest BCUT2D eigenvalue weighted by molar-refractivity contribution is 5.84. The molecule has 5 rings (SSSR count). The number of nitrogens with zero attached hydrogens (tertiary/aromatic N) is 5. The van der Waals surface area contributed by atoms with Crippen molar-refractivity contribution in [2.24, 2.45) is 0 Å². The summed E-state index contributed by atoms with van der Waals surface area (Å²) in [6.07, 6.45) is 4.92. The van der Waals surface area contributed by atoms with Crippen LogP contribution in [0.25, 0.3) is 21.7 Å². The van der Waals surface area contributed by atoms with Crippen molar-refractivity contribution in [2.75, 3.05) is 0 Å². The molecule has 3 heterocycles. The van der Waals surface area contributed by atoms with E-state index in [1.807, 2.05) is 24.3 Å². The van der Waals surface area contributed by atoms with E-state index in [2.05, 4.69) is 20.4 Å². The fraction of sp³-hybridized carbons (Fsp3) is 0.154. The van der Waals surface area contributed by atoms with E-state index < -0.39 is 0 Å². The molecule has 0 aliphatic carbocycles. The van der Waals surface area contributed by atoms with Gasteiger partial charge in [-0.15, -0.1) is 0 Å². The van der Waals surface area contributed by atoms with Crippen molar-refractivity contribution in [3.63, 3.8) is 0 Å². The zero-order valence-corrected chi connectivity index (χ0v) is 18.8. The zero-order chi connectivity index (χ0) is 24.2. The van der Waals surface area contributed by atoms with E-state index in [0.717, 1.165) is 5.56 Å². The topological polar surface area (TPSA) is 112 Å². The van der Waals surface area contributed by atoms with Crippen LogP contribution < -0.4 is 16.4 Å². The van der Waals surface area contributed by atoms with E-state index >= 15 is 0 Å². The van der Waals surface area contributed by atoms with Gasteiger partial charge in [0.2, 0.25) is 5.91 Å². The number of carbonyl (C=O) groups excluding carboxylic acids is 1. The lowest BCUT2D eigenvalue weighted by Gasteiger charge is -2.12. The van der Waals surface area contributed by atoms with Crippen LogP contribution in [-0.2, 0) is 24.4 Å². The number of aromatic nitrogens is 5. The number of carbonyl (C=O) groups is 1. The third kappa shape index (κ3) is 4.70. The van der Waals surface area contributed by atoms with Crippen molar-refractivity contribution in [1.29, 1.82) is 0 Å². The van der Waals surface area contributed by atoms with Gasteiger partial charge >= 0.3 is 0 Å². The number of para-hydroxylation sites is 1. The van der Waals surface area contributed by atoms with Gasteiger partial charge in [-0.3, -0.25) is 23.9 Å². The summed E-state index contributed by atoms with van der Waals surface area (Å²) in [5.41, 5.74) is 1.67. The Balaban J connectivity index is 1.32. The quantitative estimate of drug-likeness (QED) is 0.394. The normalized spacial score (nSPS) is 11.1. The molecule has 3 aromatic heterocycles. The first-order valence-corrected chi connectivity index (χ1v) is 11.2. The van der Waals surface area contributed by atoms with Crippen LogP contribution in [-0.4, -0.2) is 30.2 Å². The third-order valence-corrected chi connectivity index (χ3v) is 5.76. The van der Waals surface area contributed by atoms with Crippen LogP contribution in [0.15, 0.2) is 89.0 Å². The summed E-state index contributed by atoms with van der Waals surface area (Å²) in [6, 6.07) is 18.0. The maximum Gasteiger partial charge on any atom is 0.274 e. The van der Waals surface area contributed by atoms with Crippen LogP contribution in [0.1, 0.15) is 17.7 Å². The molecule has 2 aromatic carbocycles. The van der Waals surface area contributed by atoms with Crippen molar-refractivity contribution in [3.8, 4) is 0 Å². The summed E-state index contributed by atoms with van der Waals surface area (Å²) in [6.45, 7) is 0.630. The van der Waals surface area contributed by atoms with E-state index in [4.69, 9.17) is 0 Å². The average molecular weight is 467 g/mol. The van der Waals surface area contributed by atoms with Crippen molar-refractivity contribution < 1.29 is 4.79 Å². The monoisotopic (exact) mass is 466 g/mol. The van der Waals surface area contributed by atoms with Gasteiger partial charge in [0.05, 0.1) is 41.4 Å².